The van der Waals surface area contributed by atoms with Crippen LogP contribution in [-0.2, 0) is 0 Å². The van der Waals surface area contributed by atoms with E-state index in [1.165, 1.54) is 35.1 Å². The molecule has 0 atom stereocenters. The largest absolute Gasteiger partial charge is 0.432 e. The highest BCUT2D eigenvalue weighted by atomic mass is 19.1. The highest BCUT2D eigenvalue weighted by Crippen LogP contribution is 2.22. The lowest BCUT2D eigenvalue weighted by Gasteiger charge is -2.10. The number of aryl methyl sites for hydroxylation is 2. The fourth-order valence-electron chi connectivity index (χ4n) is 2.87. The summed E-state index contributed by atoms with van der Waals surface area (Å²) in [5.74, 6) is -0.533. The lowest BCUT2D eigenvalue weighted by molar-refractivity contribution is 0.211. The monoisotopic (exact) mass is 395 g/mol. The van der Waals surface area contributed by atoms with Gasteiger partial charge in [0.1, 0.15) is 5.82 Å². The van der Waals surface area contributed by atoms with Gasteiger partial charge in [0.15, 0.2) is 11.6 Å². The van der Waals surface area contributed by atoms with Crippen LogP contribution in [0.2, 0.25) is 0 Å². The van der Waals surface area contributed by atoms with E-state index in [0.29, 0.717) is 33.7 Å². The maximum absolute atomic E-state index is 13.4. The zero-order valence-corrected chi connectivity index (χ0v) is 15.5. The van der Waals surface area contributed by atoms with E-state index in [9.17, 15) is 13.6 Å². The van der Waals surface area contributed by atoms with E-state index in [1.54, 1.807) is 32.2 Å². The lowest BCUT2D eigenvalue weighted by Crippen LogP contribution is -2.25. The number of ether oxygens (including phenoxy) is 1. The summed E-state index contributed by atoms with van der Waals surface area (Å²) >= 11 is 0. The fourth-order valence-corrected chi connectivity index (χ4v) is 2.87. The summed E-state index contributed by atoms with van der Waals surface area (Å²) in [4.78, 5) is 24.5. The van der Waals surface area contributed by atoms with Crippen LogP contribution < -0.4 is 10.2 Å². The summed E-state index contributed by atoms with van der Waals surface area (Å²) in [6.45, 7) is 3.40. The number of halogens is 2. The molecule has 4 rings (SSSR count). The van der Waals surface area contributed by atoms with Crippen LogP contribution in [0, 0.1) is 25.6 Å². The summed E-state index contributed by atoms with van der Waals surface area (Å²) in [6, 6.07) is 8.60. The van der Waals surface area contributed by atoms with Crippen molar-refractivity contribution in [2.45, 2.75) is 13.8 Å². The third-order valence-corrected chi connectivity index (χ3v) is 4.23. The van der Waals surface area contributed by atoms with Crippen molar-refractivity contribution >= 4 is 17.1 Å². The standard InChI is InChI=1S/C20H15F2N5O2/c1-11-10-27(15-6-7-17(22)25-18(11)15)26-20(28)29-16-9-23-19(24-12(16)2)13-4-3-5-14(21)8-13/h3-10H,1-2H3,(H,26,28). The number of amides is 1. The van der Waals surface area contributed by atoms with Crippen LogP contribution in [0.4, 0.5) is 13.6 Å². The van der Waals surface area contributed by atoms with Crippen molar-refractivity contribution in [3.8, 4) is 17.1 Å². The second-order valence-corrected chi connectivity index (χ2v) is 6.34. The second-order valence-electron chi connectivity index (χ2n) is 6.34. The van der Waals surface area contributed by atoms with Gasteiger partial charge in [-0.25, -0.2) is 29.6 Å². The van der Waals surface area contributed by atoms with Crippen LogP contribution in [0.3, 0.4) is 0 Å². The molecule has 1 amide bonds. The van der Waals surface area contributed by atoms with E-state index in [4.69, 9.17) is 4.74 Å². The van der Waals surface area contributed by atoms with Crippen LogP contribution in [0.15, 0.2) is 48.8 Å². The molecule has 0 saturated carbocycles. The summed E-state index contributed by atoms with van der Waals surface area (Å²) in [7, 11) is 0. The zero-order chi connectivity index (χ0) is 20.5. The average molecular weight is 395 g/mol. The molecule has 29 heavy (non-hydrogen) atoms. The number of carbonyl (C=O) groups excluding carboxylic acids is 1. The van der Waals surface area contributed by atoms with Gasteiger partial charge in [-0.2, -0.15) is 4.39 Å². The van der Waals surface area contributed by atoms with Crippen molar-refractivity contribution in [1.29, 1.82) is 0 Å². The molecule has 0 saturated heterocycles. The molecule has 1 N–H and O–H groups in total. The molecule has 0 spiro atoms. The third kappa shape index (κ3) is 3.75. The number of pyridine rings is 1. The quantitative estimate of drug-likeness (QED) is 0.528. The molecule has 4 aromatic rings. The van der Waals surface area contributed by atoms with E-state index >= 15 is 0 Å². The Kier molecular flexibility index (Phi) is 4.63. The van der Waals surface area contributed by atoms with Crippen LogP contribution >= 0.6 is 0 Å². The summed E-state index contributed by atoms with van der Waals surface area (Å²) in [6.07, 6.45) is 2.17. The first-order valence-corrected chi connectivity index (χ1v) is 8.63. The molecule has 9 heteroatoms. The van der Waals surface area contributed by atoms with Gasteiger partial charge in [-0.15, -0.1) is 0 Å². The van der Waals surface area contributed by atoms with Crippen molar-refractivity contribution in [2.75, 3.05) is 5.43 Å². The Hall–Kier alpha value is -3.88. The van der Waals surface area contributed by atoms with E-state index in [0.717, 1.165) is 0 Å². The van der Waals surface area contributed by atoms with Gasteiger partial charge < -0.3 is 4.74 Å². The maximum Gasteiger partial charge on any atom is 0.432 e. The smallest absolute Gasteiger partial charge is 0.406 e. The molecule has 0 bridgehead atoms. The van der Waals surface area contributed by atoms with Crippen LogP contribution in [0.5, 0.6) is 5.75 Å². The third-order valence-electron chi connectivity index (χ3n) is 4.23. The summed E-state index contributed by atoms with van der Waals surface area (Å²) in [5.41, 5.74) is 5.11. The number of hydrogen-bond acceptors (Lipinski definition) is 5. The Morgan fingerprint density at radius 2 is 1.97 bits per heavy atom. The number of nitrogens with zero attached hydrogens (tertiary/aromatic N) is 4. The Bertz CT molecular complexity index is 1240. The Balaban J connectivity index is 1.53. The second kappa shape index (κ2) is 7.27. The first-order valence-electron chi connectivity index (χ1n) is 8.63. The minimum absolute atomic E-state index is 0.153. The average Bonchev–Trinajstić information content (AvgIpc) is 2.98. The molecule has 7 nitrogen and oxygen atoms in total. The minimum Gasteiger partial charge on any atom is -0.406 e. The highest BCUT2D eigenvalue weighted by Gasteiger charge is 2.14. The van der Waals surface area contributed by atoms with Crippen molar-refractivity contribution < 1.29 is 18.3 Å². The van der Waals surface area contributed by atoms with Gasteiger partial charge in [-0.05, 0) is 43.7 Å². The molecule has 0 aliphatic rings. The zero-order valence-electron chi connectivity index (χ0n) is 15.5. The molecule has 0 fully saturated rings. The Labute approximate surface area is 164 Å². The molecule has 146 valence electrons. The van der Waals surface area contributed by atoms with Gasteiger partial charge >= 0.3 is 6.09 Å². The van der Waals surface area contributed by atoms with Crippen molar-refractivity contribution in [3.63, 3.8) is 0 Å². The van der Waals surface area contributed by atoms with E-state index in [1.807, 2.05) is 0 Å². The number of benzene rings is 1. The predicted molar refractivity (Wildman–Crippen MR) is 102 cm³/mol. The lowest BCUT2D eigenvalue weighted by atomic mass is 10.2. The number of rotatable bonds is 3. The van der Waals surface area contributed by atoms with Gasteiger partial charge in [-0.1, -0.05) is 12.1 Å². The molecular formula is C20H15F2N5O2. The van der Waals surface area contributed by atoms with E-state index < -0.39 is 17.9 Å². The maximum atomic E-state index is 13.4. The first kappa shape index (κ1) is 18.5. The topological polar surface area (TPSA) is 81.9 Å². The van der Waals surface area contributed by atoms with Crippen LogP contribution in [0.1, 0.15) is 11.3 Å². The molecule has 0 aliphatic carbocycles. The summed E-state index contributed by atoms with van der Waals surface area (Å²) in [5, 5.41) is 0. The van der Waals surface area contributed by atoms with Crippen molar-refractivity contribution in [1.82, 2.24) is 19.6 Å². The van der Waals surface area contributed by atoms with E-state index in [-0.39, 0.29) is 5.75 Å². The SMILES string of the molecule is Cc1nc(-c2cccc(F)c2)ncc1OC(=O)Nn1cc(C)c2nc(F)ccc21. The molecule has 0 radical (unpaired) electrons. The molecule has 0 aliphatic heterocycles. The van der Waals surface area contributed by atoms with Gasteiger partial charge in [0.2, 0.25) is 5.95 Å². The normalized spacial score (nSPS) is 10.9. The molecule has 1 aromatic carbocycles. The fraction of sp³-hybridized carbons (Fsp3) is 0.100. The Morgan fingerprint density at radius 1 is 1.14 bits per heavy atom. The number of nitrogens with one attached hydrogen (secondary N) is 1. The first-order chi connectivity index (χ1) is 13.9. The van der Waals surface area contributed by atoms with Gasteiger partial charge in [0.25, 0.3) is 0 Å². The predicted octanol–water partition coefficient (Wildman–Crippen LogP) is 4.13. The molecule has 3 aromatic heterocycles. The molecule has 0 unspecified atom stereocenters. The van der Waals surface area contributed by atoms with E-state index in [2.05, 4.69) is 20.4 Å². The minimum atomic E-state index is -0.781. The molecular weight excluding hydrogens is 380 g/mol. The van der Waals surface area contributed by atoms with Crippen molar-refractivity contribution in [3.05, 3.63) is 71.8 Å². The van der Waals surface area contributed by atoms with Gasteiger partial charge in [0.05, 0.1) is 22.9 Å². The number of fused-ring (bicyclic) bond motifs is 1. The van der Waals surface area contributed by atoms with Crippen molar-refractivity contribution in [2.24, 2.45) is 0 Å². The van der Waals surface area contributed by atoms with Crippen LogP contribution in [0.25, 0.3) is 22.4 Å². The van der Waals surface area contributed by atoms with Gasteiger partial charge in [0, 0.05) is 11.8 Å². The number of aromatic nitrogens is 4. The number of carbonyl (C=O) groups is 1. The molecule has 3 heterocycles. The number of hydrogen-bond donors (Lipinski definition) is 1. The highest BCUT2D eigenvalue weighted by molar-refractivity contribution is 5.84. The van der Waals surface area contributed by atoms with Gasteiger partial charge in [-0.3, -0.25) is 4.68 Å². The van der Waals surface area contributed by atoms with Crippen LogP contribution in [-0.4, -0.2) is 25.7 Å². The Morgan fingerprint density at radius 3 is 2.72 bits per heavy atom. The summed E-state index contributed by atoms with van der Waals surface area (Å²) < 4.78 is 33.4.